The average molecular weight is 445 g/mol. The third-order valence-electron chi connectivity index (χ3n) is 4.89. The van der Waals surface area contributed by atoms with Gasteiger partial charge < -0.3 is 19.4 Å². The first-order valence-corrected chi connectivity index (χ1v) is 11.6. The zero-order valence-corrected chi connectivity index (χ0v) is 18.8. The molecule has 0 fully saturated rings. The molecule has 1 N–H and O–H groups in total. The Morgan fingerprint density at radius 3 is 2.90 bits per heavy atom. The van der Waals surface area contributed by atoms with Gasteiger partial charge in [-0.1, -0.05) is 35.2 Å². The number of nitrogens with one attached hydrogen (secondary N) is 1. The van der Waals surface area contributed by atoms with Crippen LogP contribution in [0.4, 0.5) is 5.13 Å². The summed E-state index contributed by atoms with van der Waals surface area (Å²) >= 11 is 2.89. The second-order valence-corrected chi connectivity index (χ2v) is 9.21. The summed E-state index contributed by atoms with van der Waals surface area (Å²) in [5.41, 5.74) is 2.73. The van der Waals surface area contributed by atoms with Crippen LogP contribution < -0.4 is 14.8 Å². The lowest BCUT2D eigenvalue weighted by Gasteiger charge is -2.27. The quantitative estimate of drug-likeness (QED) is 0.412. The zero-order chi connectivity index (χ0) is 21.1. The van der Waals surface area contributed by atoms with Gasteiger partial charge in [0, 0.05) is 23.5 Å². The van der Waals surface area contributed by atoms with Crippen LogP contribution in [-0.4, -0.2) is 45.6 Å². The second-order valence-electron chi connectivity index (χ2n) is 7.01. The highest BCUT2D eigenvalue weighted by molar-refractivity contribution is 8.01. The van der Waals surface area contributed by atoms with Crippen molar-refractivity contribution in [1.82, 2.24) is 14.8 Å². The number of aromatic nitrogens is 3. The lowest BCUT2D eigenvalue weighted by Crippen LogP contribution is -2.33. The van der Waals surface area contributed by atoms with E-state index in [2.05, 4.69) is 20.1 Å². The fraction of sp³-hybridized carbons (Fsp3) is 0.381. The minimum absolute atomic E-state index is 0.0886. The topological polar surface area (TPSA) is 78.3 Å². The Hall–Kier alpha value is -2.52. The number of carbonyl (C=O) groups excluding carboxylic acids is 1. The average Bonchev–Trinajstić information content (AvgIpc) is 3.31. The smallest absolute Gasteiger partial charge is 0.206 e. The number of Topliss-reactive ketones (excluding diaryl/α,β-unsaturated/α-hetero) is 1. The fourth-order valence-electron chi connectivity index (χ4n) is 3.42. The van der Waals surface area contributed by atoms with Gasteiger partial charge in [-0.3, -0.25) is 4.79 Å². The molecule has 3 heterocycles. The van der Waals surface area contributed by atoms with Crippen molar-refractivity contribution >= 4 is 34.0 Å². The molecule has 0 saturated heterocycles. The minimum Gasteiger partial charge on any atom is -0.486 e. The van der Waals surface area contributed by atoms with E-state index in [1.165, 1.54) is 23.1 Å². The van der Waals surface area contributed by atoms with Crippen LogP contribution in [0.3, 0.4) is 0 Å². The van der Waals surface area contributed by atoms with E-state index in [0.717, 1.165) is 44.5 Å². The van der Waals surface area contributed by atoms with Crippen LogP contribution in [0.15, 0.2) is 34.7 Å². The Labute approximate surface area is 183 Å². The number of hydrogen-bond acceptors (Lipinski definition) is 8. The number of hydrogen-bond donors (Lipinski definition) is 1. The number of ether oxygens (including phenoxy) is 2. The third-order valence-corrected chi connectivity index (χ3v) is 6.90. The first-order chi connectivity index (χ1) is 14.5. The minimum atomic E-state index is -0.104. The van der Waals surface area contributed by atoms with Crippen molar-refractivity contribution in [1.29, 1.82) is 0 Å². The second kappa shape index (κ2) is 9.09. The Morgan fingerprint density at radius 1 is 1.30 bits per heavy atom. The number of ketones is 1. The SMILES string of the molecule is CCNc1nnc(SCC(=O)c2cc(C)n(CC3COc4ccccc4O3)c2C)s1. The predicted molar refractivity (Wildman–Crippen MR) is 119 cm³/mol. The van der Waals surface area contributed by atoms with Crippen LogP contribution in [-0.2, 0) is 6.54 Å². The normalized spacial score (nSPS) is 15.2. The molecule has 2 aromatic heterocycles. The number of benzene rings is 1. The molecule has 0 spiro atoms. The van der Waals surface area contributed by atoms with Gasteiger partial charge in [-0.15, -0.1) is 10.2 Å². The highest BCUT2D eigenvalue weighted by Crippen LogP contribution is 2.32. The Balaban J connectivity index is 1.41. The van der Waals surface area contributed by atoms with Crippen LogP contribution in [0, 0.1) is 13.8 Å². The molecule has 0 saturated carbocycles. The Bertz CT molecular complexity index is 1050. The molecule has 9 heteroatoms. The van der Waals surface area contributed by atoms with Crippen molar-refractivity contribution in [3.8, 4) is 11.5 Å². The van der Waals surface area contributed by atoms with E-state index in [1.54, 1.807) is 0 Å². The van der Waals surface area contributed by atoms with E-state index in [0.29, 0.717) is 18.9 Å². The van der Waals surface area contributed by atoms with Gasteiger partial charge in [-0.05, 0) is 39.0 Å². The number of para-hydroxylation sites is 2. The van der Waals surface area contributed by atoms with Crippen molar-refractivity contribution in [3.63, 3.8) is 0 Å². The molecule has 1 aliphatic heterocycles. The van der Waals surface area contributed by atoms with Crippen LogP contribution in [0.5, 0.6) is 11.5 Å². The summed E-state index contributed by atoms with van der Waals surface area (Å²) < 4.78 is 14.8. The molecule has 158 valence electrons. The summed E-state index contributed by atoms with van der Waals surface area (Å²) in [7, 11) is 0. The maximum Gasteiger partial charge on any atom is 0.206 e. The monoisotopic (exact) mass is 444 g/mol. The van der Waals surface area contributed by atoms with Crippen LogP contribution in [0.25, 0.3) is 0 Å². The molecule has 0 bridgehead atoms. The van der Waals surface area contributed by atoms with E-state index >= 15 is 0 Å². The standard InChI is InChI=1S/C21H24N4O3S2/c1-4-22-20-23-24-21(30-20)29-12-17(26)16-9-13(2)25(14(16)3)10-15-11-27-18-7-5-6-8-19(18)28-15/h5-9,15H,4,10-12H2,1-3H3,(H,22,23). The highest BCUT2D eigenvalue weighted by Gasteiger charge is 2.24. The summed E-state index contributed by atoms with van der Waals surface area (Å²) in [5, 5.41) is 12.1. The van der Waals surface area contributed by atoms with Crippen molar-refractivity contribution in [2.24, 2.45) is 0 Å². The van der Waals surface area contributed by atoms with Gasteiger partial charge in [0.2, 0.25) is 5.13 Å². The maximum absolute atomic E-state index is 12.8. The predicted octanol–water partition coefficient (Wildman–Crippen LogP) is 4.20. The first-order valence-electron chi connectivity index (χ1n) is 9.83. The summed E-state index contributed by atoms with van der Waals surface area (Å²) in [4.78, 5) is 12.8. The summed E-state index contributed by atoms with van der Waals surface area (Å²) in [5.74, 6) is 1.96. The molecular weight excluding hydrogens is 420 g/mol. The van der Waals surface area contributed by atoms with Crippen LogP contribution in [0.1, 0.15) is 28.7 Å². The molecule has 0 radical (unpaired) electrons. The first kappa shape index (κ1) is 20.7. The number of nitrogens with zero attached hydrogens (tertiary/aromatic N) is 3. The van der Waals surface area contributed by atoms with Crippen LogP contribution >= 0.6 is 23.1 Å². The number of fused-ring (bicyclic) bond motifs is 1. The van der Waals surface area contributed by atoms with Gasteiger partial charge >= 0.3 is 0 Å². The number of anilines is 1. The van der Waals surface area contributed by atoms with Crippen molar-refractivity contribution in [2.45, 2.75) is 37.8 Å². The van der Waals surface area contributed by atoms with Crippen molar-refractivity contribution in [3.05, 3.63) is 47.3 Å². The Kier molecular flexibility index (Phi) is 6.29. The molecule has 0 aliphatic carbocycles. The summed E-state index contributed by atoms with van der Waals surface area (Å²) in [6.45, 7) is 7.92. The molecular formula is C21H24N4O3S2. The Morgan fingerprint density at radius 2 is 2.10 bits per heavy atom. The maximum atomic E-state index is 12.8. The van der Waals surface area contributed by atoms with E-state index in [-0.39, 0.29) is 11.9 Å². The lowest BCUT2D eigenvalue weighted by atomic mass is 10.2. The lowest BCUT2D eigenvalue weighted by molar-refractivity contribution is 0.0777. The number of rotatable bonds is 8. The number of aryl methyl sites for hydroxylation is 1. The highest BCUT2D eigenvalue weighted by atomic mass is 32.2. The number of carbonyl (C=O) groups is 1. The van der Waals surface area contributed by atoms with E-state index in [9.17, 15) is 4.79 Å². The van der Waals surface area contributed by atoms with E-state index in [4.69, 9.17) is 9.47 Å². The van der Waals surface area contributed by atoms with Gasteiger partial charge in [0.15, 0.2) is 27.7 Å². The van der Waals surface area contributed by atoms with Crippen LogP contribution in [0.2, 0.25) is 0 Å². The fourth-order valence-corrected chi connectivity index (χ4v) is 5.12. The molecule has 3 aromatic rings. The summed E-state index contributed by atoms with van der Waals surface area (Å²) in [6.07, 6.45) is -0.104. The molecule has 1 atom stereocenters. The molecule has 7 nitrogen and oxygen atoms in total. The molecule has 0 amide bonds. The third kappa shape index (κ3) is 4.46. The molecule has 1 unspecified atom stereocenters. The summed E-state index contributed by atoms with van der Waals surface area (Å²) in [6, 6.07) is 9.65. The zero-order valence-electron chi connectivity index (χ0n) is 17.2. The largest absolute Gasteiger partial charge is 0.486 e. The van der Waals surface area contributed by atoms with Gasteiger partial charge in [0.25, 0.3) is 0 Å². The van der Waals surface area contributed by atoms with Gasteiger partial charge in [0.1, 0.15) is 6.61 Å². The van der Waals surface area contributed by atoms with E-state index < -0.39 is 0 Å². The number of thioether (sulfide) groups is 1. The van der Waals surface area contributed by atoms with E-state index in [1.807, 2.05) is 51.1 Å². The van der Waals surface area contributed by atoms with Gasteiger partial charge in [-0.2, -0.15) is 0 Å². The van der Waals surface area contributed by atoms with Gasteiger partial charge in [-0.25, -0.2) is 0 Å². The molecule has 4 rings (SSSR count). The molecule has 1 aromatic carbocycles. The van der Waals surface area contributed by atoms with Gasteiger partial charge in [0.05, 0.1) is 12.3 Å². The van der Waals surface area contributed by atoms with Crippen molar-refractivity contribution in [2.75, 3.05) is 24.2 Å². The molecule has 30 heavy (non-hydrogen) atoms. The molecule has 1 aliphatic rings. The van der Waals surface area contributed by atoms with Crippen molar-refractivity contribution < 1.29 is 14.3 Å².